The molecule has 1 aromatic rings. The van der Waals surface area contributed by atoms with Crippen molar-refractivity contribution >= 4 is 27.2 Å². The summed E-state index contributed by atoms with van der Waals surface area (Å²) >= 11 is 3.37. The Morgan fingerprint density at radius 3 is 2.71 bits per heavy atom. The topological polar surface area (TPSA) is 25.2 Å². The van der Waals surface area contributed by atoms with Crippen LogP contribution in [0.3, 0.4) is 0 Å². The molecule has 3 heteroatoms. The van der Waals surface area contributed by atoms with Crippen molar-refractivity contribution in [2.75, 3.05) is 0 Å². The van der Waals surface area contributed by atoms with E-state index in [9.17, 15) is 0 Å². The third kappa shape index (κ3) is 2.10. The maximum atomic E-state index is 4.34. The smallest absolute Gasteiger partial charge is 0.0677 e. The van der Waals surface area contributed by atoms with Crippen LogP contribution in [0.15, 0.2) is 34.0 Å². The number of pyridine rings is 1. The predicted molar refractivity (Wildman–Crippen MR) is 62.3 cm³/mol. The average Bonchev–Trinajstić information content (AvgIpc) is 2.21. The van der Waals surface area contributed by atoms with Crippen molar-refractivity contribution in [3.63, 3.8) is 0 Å². The average molecular weight is 251 g/mol. The second-order valence-electron chi connectivity index (χ2n) is 3.38. The minimum Gasteiger partial charge on any atom is -0.266 e. The van der Waals surface area contributed by atoms with Crippen LogP contribution in [-0.2, 0) is 0 Å². The van der Waals surface area contributed by atoms with Crippen molar-refractivity contribution in [1.82, 2.24) is 4.98 Å². The van der Waals surface area contributed by atoms with E-state index in [4.69, 9.17) is 0 Å². The normalized spacial score (nSPS) is 16.1. The molecule has 0 saturated heterocycles. The fraction of sp³-hybridized carbons (Fsp3) is 0.273. The SMILES string of the molecule is CC1=NC=C(c2ccc(Br)cn2)CC1. The van der Waals surface area contributed by atoms with Crippen LogP contribution in [0.2, 0.25) is 0 Å². The van der Waals surface area contributed by atoms with Gasteiger partial charge in [-0.2, -0.15) is 0 Å². The first-order chi connectivity index (χ1) is 6.75. The molecule has 0 N–H and O–H groups in total. The summed E-state index contributed by atoms with van der Waals surface area (Å²) in [4.78, 5) is 8.66. The van der Waals surface area contributed by atoms with Gasteiger partial charge in [-0.05, 0) is 53.4 Å². The maximum Gasteiger partial charge on any atom is 0.0677 e. The first-order valence-corrected chi connectivity index (χ1v) is 5.39. The summed E-state index contributed by atoms with van der Waals surface area (Å²) in [7, 11) is 0. The number of rotatable bonds is 1. The van der Waals surface area contributed by atoms with Crippen LogP contribution in [0, 0.1) is 0 Å². The number of nitrogens with zero attached hydrogens (tertiary/aromatic N) is 2. The largest absolute Gasteiger partial charge is 0.266 e. The van der Waals surface area contributed by atoms with E-state index in [-0.39, 0.29) is 0 Å². The number of aliphatic imine (C=N–C) groups is 1. The Labute approximate surface area is 91.9 Å². The highest BCUT2D eigenvalue weighted by molar-refractivity contribution is 9.10. The van der Waals surface area contributed by atoms with E-state index in [1.165, 1.54) is 11.3 Å². The fourth-order valence-corrected chi connectivity index (χ4v) is 1.63. The van der Waals surface area contributed by atoms with Gasteiger partial charge in [-0.25, -0.2) is 0 Å². The molecule has 72 valence electrons. The monoisotopic (exact) mass is 250 g/mol. The van der Waals surface area contributed by atoms with Gasteiger partial charge in [0.25, 0.3) is 0 Å². The first-order valence-electron chi connectivity index (χ1n) is 4.60. The number of aromatic nitrogens is 1. The summed E-state index contributed by atoms with van der Waals surface area (Å²) in [5.41, 5.74) is 3.46. The van der Waals surface area contributed by atoms with E-state index in [0.29, 0.717) is 0 Å². The molecule has 0 unspecified atom stereocenters. The van der Waals surface area contributed by atoms with Crippen LogP contribution in [0.5, 0.6) is 0 Å². The van der Waals surface area contributed by atoms with Gasteiger partial charge in [-0.1, -0.05) is 0 Å². The lowest BCUT2D eigenvalue weighted by molar-refractivity contribution is 1.05. The second kappa shape index (κ2) is 4.05. The first kappa shape index (κ1) is 9.59. The van der Waals surface area contributed by atoms with Crippen molar-refractivity contribution in [1.29, 1.82) is 0 Å². The zero-order valence-corrected chi connectivity index (χ0v) is 9.58. The molecule has 1 aliphatic heterocycles. The minimum absolute atomic E-state index is 1.01. The number of hydrogen-bond donors (Lipinski definition) is 0. The Balaban J connectivity index is 2.28. The van der Waals surface area contributed by atoms with Crippen molar-refractivity contribution in [2.24, 2.45) is 4.99 Å². The fourth-order valence-electron chi connectivity index (χ4n) is 1.39. The van der Waals surface area contributed by atoms with Crippen molar-refractivity contribution in [3.05, 3.63) is 34.7 Å². The van der Waals surface area contributed by atoms with E-state index in [0.717, 1.165) is 23.0 Å². The molecule has 0 bridgehead atoms. The van der Waals surface area contributed by atoms with Crippen LogP contribution in [0.25, 0.3) is 5.57 Å². The van der Waals surface area contributed by atoms with Crippen molar-refractivity contribution < 1.29 is 0 Å². The zero-order chi connectivity index (χ0) is 9.97. The summed E-state index contributed by atoms with van der Waals surface area (Å²) in [6, 6.07) is 4.03. The molecule has 2 nitrogen and oxygen atoms in total. The van der Waals surface area contributed by atoms with Crippen LogP contribution in [-0.4, -0.2) is 10.7 Å². The predicted octanol–water partition coefficient (Wildman–Crippen LogP) is 3.44. The zero-order valence-electron chi connectivity index (χ0n) is 8.00. The molecule has 1 aromatic heterocycles. The Kier molecular flexibility index (Phi) is 2.77. The molecular weight excluding hydrogens is 240 g/mol. The molecule has 0 radical (unpaired) electrons. The third-order valence-corrected chi connectivity index (χ3v) is 2.72. The molecule has 0 fully saturated rings. The highest BCUT2D eigenvalue weighted by Crippen LogP contribution is 2.22. The van der Waals surface area contributed by atoms with Crippen molar-refractivity contribution in [2.45, 2.75) is 19.8 Å². The molecule has 14 heavy (non-hydrogen) atoms. The number of halogens is 1. The molecule has 0 aromatic carbocycles. The van der Waals surface area contributed by atoms with E-state index < -0.39 is 0 Å². The highest BCUT2D eigenvalue weighted by Gasteiger charge is 2.07. The summed E-state index contributed by atoms with van der Waals surface area (Å²) < 4.78 is 1.01. The van der Waals surface area contributed by atoms with Crippen molar-refractivity contribution in [3.8, 4) is 0 Å². The van der Waals surface area contributed by atoms with Gasteiger partial charge < -0.3 is 0 Å². The molecule has 0 atom stereocenters. The van der Waals surface area contributed by atoms with E-state index >= 15 is 0 Å². The number of hydrogen-bond acceptors (Lipinski definition) is 2. The minimum atomic E-state index is 1.01. The van der Waals surface area contributed by atoms with Gasteiger partial charge in [-0.15, -0.1) is 0 Å². The van der Waals surface area contributed by atoms with E-state index in [2.05, 4.69) is 32.8 Å². The van der Waals surface area contributed by atoms with Gasteiger partial charge in [-0.3, -0.25) is 9.98 Å². The van der Waals surface area contributed by atoms with Gasteiger partial charge in [0, 0.05) is 22.6 Å². The lowest BCUT2D eigenvalue weighted by Gasteiger charge is -2.10. The summed E-state index contributed by atoms with van der Waals surface area (Å²) in [6.45, 7) is 2.06. The van der Waals surface area contributed by atoms with Gasteiger partial charge in [0.15, 0.2) is 0 Å². The lowest BCUT2D eigenvalue weighted by atomic mass is 10.0. The molecule has 2 rings (SSSR count). The van der Waals surface area contributed by atoms with E-state index in [1.807, 2.05) is 24.5 Å². The Morgan fingerprint density at radius 1 is 1.29 bits per heavy atom. The third-order valence-electron chi connectivity index (χ3n) is 2.25. The standard InChI is InChI=1S/C11H11BrN2/c1-8-2-3-9(6-13-8)11-5-4-10(12)7-14-11/h4-7H,2-3H2,1H3. The Morgan fingerprint density at radius 2 is 2.14 bits per heavy atom. The molecule has 1 aliphatic rings. The second-order valence-corrected chi connectivity index (χ2v) is 4.30. The summed E-state index contributed by atoms with van der Waals surface area (Å²) in [6.07, 6.45) is 5.84. The number of allylic oxidation sites excluding steroid dienone is 1. The molecule has 0 saturated carbocycles. The maximum absolute atomic E-state index is 4.34. The summed E-state index contributed by atoms with van der Waals surface area (Å²) in [5, 5.41) is 0. The molecule has 0 aliphatic carbocycles. The van der Waals surface area contributed by atoms with Gasteiger partial charge in [0.05, 0.1) is 5.69 Å². The van der Waals surface area contributed by atoms with Crippen LogP contribution in [0.1, 0.15) is 25.5 Å². The Hall–Kier alpha value is -0.960. The molecule has 0 amide bonds. The van der Waals surface area contributed by atoms with Gasteiger partial charge >= 0.3 is 0 Å². The lowest BCUT2D eigenvalue weighted by Crippen LogP contribution is -1.99. The van der Waals surface area contributed by atoms with Gasteiger partial charge in [0.1, 0.15) is 0 Å². The molecule has 2 heterocycles. The quantitative estimate of drug-likeness (QED) is 0.750. The van der Waals surface area contributed by atoms with Crippen LogP contribution >= 0.6 is 15.9 Å². The summed E-state index contributed by atoms with van der Waals surface area (Å²) in [5.74, 6) is 0. The molecule has 0 spiro atoms. The Bertz CT molecular complexity index is 390. The molecular formula is C11H11BrN2. The van der Waals surface area contributed by atoms with Crippen LogP contribution < -0.4 is 0 Å². The van der Waals surface area contributed by atoms with Gasteiger partial charge in [0.2, 0.25) is 0 Å². The van der Waals surface area contributed by atoms with Crippen LogP contribution in [0.4, 0.5) is 0 Å². The van der Waals surface area contributed by atoms with E-state index in [1.54, 1.807) is 0 Å². The highest BCUT2D eigenvalue weighted by atomic mass is 79.9.